The van der Waals surface area contributed by atoms with Gasteiger partial charge in [-0.25, -0.2) is 13.2 Å². The number of nitriles is 1. The molecule has 134 valence electrons. The molecule has 0 saturated carbocycles. The monoisotopic (exact) mass is 363 g/mol. The predicted octanol–water partition coefficient (Wildman–Crippen LogP) is 6.26. The van der Waals surface area contributed by atoms with Crippen molar-refractivity contribution in [2.75, 3.05) is 0 Å². The van der Waals surface area contributed by atoms with E-state index < -0.39 is 23.4 Å². The average molecular weight is 363 g/mol. The van der Waals surface area contributed by atoms with E-state index in [1.165, 1.54) is 6.07 Å². The van der Waals surface area contributed by atoms with E-state index in [-0.39, 0.29) is 6.42 Å². The Morgan fingerprint density at radius 3 is 2.04 bits per heavy atom. The van der Waals surface area contributed by atoms with Gasteiger partial charge in [-0.2, -0.15) is 5.26 Å². The first-order valence-corrected chi connectivity index (χ1v) is 8.42. The van der Waals surface area contributed by atoms with E-state index in [9.17, 15) is 13.2 Å². The first-order chi connectivity index (χ1) is 13.1. The highest BCUT2D eigenvalue weighted by Gasteiger charge is 2.10. The van der Waals surface area contributed by atoms with E-state index in [1.807, 2.05) is 42.5 Å². The van der Waals surface area contributed by atoms with Crippen molar-refractivity contribution in [1.82, 2.24) is 0 Å². The van der Waals surface area contributed by atoms with Gasteiger partial charge in [-0.1, -0.05) is 66.7 Å². The molecule has 1 nitrogen and oxygen atoms in total. The van der Waals surface area contributed by atoms with Gasteiger partial charge in [0.1, 0.15) is 29.4 Å². The lowest BCUT2D eigenvalue weighted by atomic mass is 10.0. The number of alkyl halides is 1. The Kier molecular flexibility index (Phi) is 5.73. The highest BCUT2D eigenvalue weighted by atomic mass is 19.1. The van der Waals surface area contributed by atoms with Crippen molar-refractivity contribution in [2.45, 2.75) is 12.6 Å². The van der Waals surface area contributed by atoms with Crippen LogP contribution >= 0.6 is 0 Å². The third-order valence-electron chi connectivity index (χ3n) is 4.20. The minimum absolute atomic E-state index is 0.278. The number of benzene rings is 3. The Hall–Kier alpha value is -3.32. The molecular formula is C23H16F3N. The van der Waals surface area contributed by atoms with Crippen LogP contribution in [-0.4, -0.2) is 0 Å². The minimum atomic E-state index is -1.07. The van der Waals surface area contributed by atoms with Crippen molar-refractivity contribution < 1.29 is 13.2 Å². The molecule has 3 rings (SSSR count). The van der Waals surface area contributed by atoms with E-state index >= 15 is 0 Å². The Labute approximate surface area is 156 Å². The number of rotatable bonds is 5. The van der Waals surface area contributed by atoms with Crippen LogP contribution in [0.2, 0.25) is 0 Å². The molecule has 0 saturated heterocycles. The first kappa shape index (κ1) is 18.5. The van der Waals surface area contributed by atoms with Crippen LogP contribution in [0.1, 0.15) is 34.0 Å². The van der Waals surface area contributed by atoms with Crippen molar-refractivity contribution in [2.24, 2.45) is 0 Å². The summed E-state index contributed by atoms with van der Waals surface area (Å²) in [4.78, 5) is 0. The van der Waals surface area contributed by atoms with Crippen molar-refractivity contribution in [3.8, 4) is 6.07 Å². The fraction of sp³-hybridized carbons (Fsp3) is 0.0870. The molecule has 0 aliphatic carbocycles. The fourth-order valence-electron chi connectivity index (χ4n) is 2.74. The summed E-state index contributed by atoms with van der Waals surface area (Å²) in [6, 6.07) is 20.0. The molecule has 0 unspecified atom stereocenters. The molecule has 0 radical (unpaired) electrons. The molecule has 3 aromatic carbocycles. The van der Waals surface area contributed by atoms with E-state index in [0.717, 1.165) is 23.3 Å². The van der Waals surface area contributed by atoms with Gasteiger partial charge in [0.05, 0.1) is 0 Å². The van der Waals surface area contributed by atoms with Gasteiger partial charge in [0.25, 0.3) is 0 Å². The van der Waals surface area contributed by atoms with Crippen molar-refractivity contribution in [3.05, 3.63) is 106 Å². The maximum absolute atomic E-state index is 14.3. The normalized spacial score (nSPS) is 12.1. The van der Waals surface area contributed by atoms with Crippen LogP contribution in [0.25, 0.3) is 12.2 Å². The van der Waals surface area contributed by atoms with Gasteiger partial charge in [-0.3, -0.25) is 0 Å². The van der Waals surface area contributed by atoms with Crippen LogP contribution in [0.4, 0.5) is 13.2 Å². The van der Waals surface area contributed by atoms with Crippen LogP contribution in [0.3, 0.4) is 0 Å². The highest BCUT2D eigenvalue weighted by Crippen LogP contribution is 2.23. The van der Waals surface area contributed by atoms with Gasteiger partial charge in [0.15, 0.2) is 0 Å². The van der Waals surface area contributed by atoms with Crippen LogP contribution in [-0.2, 0) is 6.42 Å². The molecule has 0 amide bonds. The zero-order valence-electron chi connectivity index (χ0n) is 14.4. The second-order valence-corrected chi connectivity index (χ2v) is 6.13. The number of halogens is 3. The van der Waals surface area contributed by atoms with E-state index in [4.69, 9.17) is 5.26 Å². The van der Waals surface area contributed by atoms with Gasteiger partial charge in [-0.05, 0) is 34.4 Å². The summed E-state index contributed by atoms with van der Waals surface area (Å²) in [5.74, 6) is -1.77. The van der Waals surface area contributed by atoms with Crippen LogP contribution in [0, 0.1) is 23.0 Å². The summed E-state index contributed by atoms with van der Waals surface area (Å²) in [5.41, 5.74) is 2.06. The largest absolute Gasteiger partial charge is 0.242 e. The molecule has 0 aromatic heterocycles. The number of hydrogen-bond acceptors (Lipinski definition) is 1. The van der Waals surface area contributed by atoms with Gasteiger partial charge in [0, 0.05) is 6.42 Å². The summed E-state index contributed by atoms with van der Waals surface area (Å²) in [6.45, 7) is 0. The van der Waals surface area contributed by atoms with Gasteiger partial charge < -0.3 is 0 Å². The van der Waals surface area contributed by atoms with E-state index in [0.29, 0.717) is 11.1 Å². The lowest BCUT2D eigenvalue weighted by Gasteiger charge is -2.08. The molecule has 0 aliphatic rings. The van der Waals surface area contributed by atoms with Crippen molar-refractivity contribution in [1.29, 1.82) is 5.26 Å². The molecule has 1 atom stereocenters. The Morgan fingerprint density at radius 1 is 0.852 bits per heavy atom. The third-order valence-corrected chi connectivity index (χ3v) is 4.20. The zero-order valence-corrected chi connectivity index (χ0v) is 14.4. The third kappa shape index (κ3) is 4.65. The Balaban J connectivity index is 1.69. The van der Waals surface area contributed by atoms with Crippen LogP contribution in [0.5, 0.6) is 0 Å². The van der Waals surface area contributed by atoms with Gasteiger partial charge >= 0.3 is 0 Å². The lowest BCUT2D eigenvalue weighted by Crippen LogP contribution is -1.96. The standard InChI is InChI=1S/C23H16F3N/c24-21(19-4-2-1-3-5-19)12-17-9-6-16(7-10-17)8-11-18-13-22(25)20(15-27)23(26)14-18/h1-11,13-14,21H,12H2/t21-/m0/s1. The zero-order chi connectivity index (χ0) is 19.2. The summed E-state index contributed by atoms with van der Waals surface area (Å²) < 4.78 is 41.6. The summed E-state index contributed by atoms with van der Waals surface area (Å²) in [5, 5.41) is 8.68. The number of nitrogens with zero attached hydrogens (tertiary/aromatic N) is 1. The molecule has 27 heavy (non-hydrogen) atoms. The van der Waals surface area contributed by atoms with E-state index in [1.54, 1.807) is 24.3 Å². The van der Waals surface area contributed by atoms with Gasteiger partial charge in [0.2, 0.25) is 0 Å². The first-order valence-electron chi connectivity index (χ1n) is 8.42. The summed E-state index contributed by atoms with van der Waals surface area (Å²) in [6.07, 6.45) is 2.47. The molecule has 0 bridgehead atoms. The maximum Gasteiger partial charge on any atom is 0.144 e. The molecule has 0 heterocycles. The van der Waals surface area contributed by atoms with Crippen molar-refractivity contribution >= 4 is 12.2 Å². The molecule has 3 aromatic rings. The summed E-state index contributed by atoms with van der Waals surface area (Å²) >= 11 is 0. The highest BCUT2D eigenvalue weighted by molar-refractivity contribution is 5.70. The van der Waals surface area contributed by atoms with Crippen molar-refractivity contribution in [3.63, 3.8) is 0 Å². The summed E-state index contributed by atoms with van der Waals surface area (Å²) in [7, 11) is 0. The topological polar surface area (TPSA) is 23.8 Å². The molecule has 0 N–H and O–H groups in total. The predicted molar refractivity (Wildman–Crippen MR) is 100 cm³/mol. The lowest BCUT2D eigenvalue weighted by molar-refractivity contribution is 0.342. The second kappa shape index (κ2) is 8.37. The Bertz CT molecular complexity index is 963. The molecule has 0 spiro atoms. The molecule has 0 aliphatic heterocycles. The minimum Gasteiger partial charge on any atom is -0.242 e. The smallest absolute Gasteiger partial charge is 0.144 e. The van der Waals surface area contributed by atoms with Gasteiger partial charge in [-0.15, -0.1) is 0 Å². The molecule has 0 fully saturated rings. The number of hydrogen-bond donors (Lipinski definition) is 0. The maximum atomic E-state index is 14.3. The second-order valence-electron chi connectivity index (χ2n) is 6.13. The Morgan fingerprint density at radius 2 is 1.44 bits per heavy atom. The quantitative estimate of drug-likeness (QED) is 0.491. The molecular weight excluding hydrogens is 347 g/mol. The van der Waals surface area contributed by atoms with E-state index in [2.05, 4.69) is 0 Å². The van der Waals surface area contributed by atoms with Crippen LogP contribution in [0.15, 0.2) is 66.7 Å². The fourth-order valence-corrected chi connectivity index (χ4v) is 2.74. The average Bonchev–Trinajstić information content (AvgIpc) is 2.68. The van der Waals surface area contributed by atoms with Crippen LogP contribution < -0.4 is 0 Å². The SMILES string of the molecule is N#Cc1c(F)cc(C=Cc2ccc(C[C@H](F)c3ccccc3)cc2)cc1F. The molecule has 4 heteroatoms.